The van der Waals surface area contributed by atoms with Gasteiger partial charge in [-0.05, 0) is 49.2 Å². The lowest BCUT2D eigenvalue weighted by atomic mass is 10.1. The highest BCUT2D eigenvalue weighted by Crippen LogP contribution is 2.18. The Morgan fingerprint density at radius 2 is 1.89 bits per heavy atom. The van der Waals surface area contributed by atoms with Crippen LogP contribution >= 0.6 is 0 Å². The number of hydrogen-bond donors (Lipinski definition) is 1. The SMILES string of the molecule is Cc1cccc(NC(=O)CN2CCN(C(=O)/C=C/c3ccco3)CC2)c1C. The van der Waals surface area contributed by atoms with E-state index in [-0.39, 0.29) is 11.8 Å². The fourth-order valence-corrected chi connectivity index (χ4v) is 3.05. The van der Waals surface area contributed by atoms with Crippen LogP contribution in [-0.4, -0.2) is 54.3 Å². The number of benzene rings is 1. The Kier molecular flexibility index (Phi) is 6.08. The second kappa shape index (κ2) is 8.68. The van der Waals surface area contributed by atoms with Crippen molar-refractivity contribution in [3.05, 3.63) is 59.6 Å². The van der Waals surface area contributed by atoms with E-state index in [0.29, 0.717) is 38.5 Å². The lowest BCUT2D eigenvalue weighted by molar-refractivity contribution is -0.127. The zero-order chi connectivity index (χ0) is 19.2. The van der Waals surface area contributed by atoms with E-state index in [9.17, 15) is 9.59 Å². The van der Waals surface area contributed by atoms with Crippen LogP contribution in [0.2, 0.25) is 0 Å². The van der Waals surface area contributed by atoms with Crippen molar-refractivity contribution in [3.63, 3.8) is 0 Å². The number of piperazine rings is 1. The van der Waals surface area contributed by atoms with E-state index in [0.717, 1.165) is 16.8 Å². The molecular weight excluding hydrogens is 342 g/mol. The summed E-state index contributed by atoms with van der Waals surface area (Å²) >= 11 is 0. The summed E-state index contributed by atoms with van der Waals surface area (Å²) in [7, 11) is 0. The molecule has 2 aromatic rings. The predicted octanol–water partition coefficient (Wildman–Crippen LogP) is 2.69. The Balaban J connectivity index is 1.45. The molecule has 0 spiro atoms. The number of carbonyl (C=O) groups is 2. The molecular formula is C21H25N3O3. The fourth-order valence-electron chi connectivity index (χ4n) is 3.05. The lowest BCUT2D eigenvalue weighted by Crippen LogP contribution is -2.50. The zero-order valence-electron chi connectivity index (χ0n) is 15.8. The smallest absolute Gasteiger partial charge is 0.246 e. The molecule has 1 fully saturated rings. The average molecular weight is 367 g/mol. The molecule has 2 heterocycles. The van der Waals surface area contributed by atoms with Crippen LogP contribution < -0.4 is 5.32 Å². The molecule has 3 rings (SSSR count). The molecule has 142 valence electrons. The average Bonchev–Trinajstić information content (AvgIpc) is 3.18. The highest BCUT2D eigenvalue weighted by Gasteiger charge is 2.21. The Morgan fingerprint density at radius 1 is 1.11 bits per heavy atom. The maximum absolute atomic E-state index is 12.3. The molecule has 6 nitrogen and oxygen atoms in total. The number of aryl methyl sites for hydroxylation is 1. The highest BCUT2D eigenvalue weighted by atomic mass is 16.3. The van der Waals surface area contributed by atoms with Gasteiger partial charge in [-0.25, -0.2) is 0 Å². The van der Waals surface area contributed by atoms with Crippen molar-refractivity contribution >= 4 is 23.6 Å². The Labute approximate surface area is 159 Å². The number of rotatable bonds is 5. The van der Waals surface area contributed by atoms with Crippen LogP contribution in [0, 0.1) is 13.8 Å². The van der Waals surface area contributed by atoms with Gasteiger partial charge in [-0.15, -0.1) is 0 Å². The third-order valence-electron chi connectivity index (χ3n) is 4.86. The first-order valence-corrected chi connectivity index (χ1v) is 9.12. The fraction of sp³-hybridized carbons (Fsp3) is 0.333. The number of nitrogens with zero attached hydrogens (tertiary/aromatic N) is 2. The summed E-state index contributed by atoms with van der Waals surface area (Å²) in [6.07, 6.45) is 4.78. The van der Waals surface area contributed by atoms with Gasteiger partial charge in [0, 0.05) is 37.9 Å². The zero-order valence-corrected chi connectivity index (χ0v) is 15.8. The maximum Gasteiger partial charge on any atom is 0.246 e. The molecule has 2 amide bonds. The molecule has 0 bridgehead atoms. The van der Waals surface area contributed by atoms with Crippen molar-refractivity contribution in [1.29, 1.82) is 0 Å². The molecule has 1 aliphatic heterocycles. The monoisotopic (exact) mass is 367 g/mol. The molecule has 1 aromatic heterocycles. The van der Waals surface area contributed by atoms with Gasteiger partial charge in [-0.2, -0.15) is 0 Å². The third-order valence-corrected chi connectivity index (χ3v) is 4.86. The van der Waals surface area contributed by atoms with E-state index >= 15 is 0 Å². The van der Waals surface area contributed by atoms with E-state index < -0.39 is 0 Å². The third kappa shape index (κ3) is 5.08. The van der Waals surface area contributed by atoms with Crippen molar-refractivity contribution in [1.82, 2.24) is 9.80 Å². The molecule has 0 aliphatic carbocycles. The van der Waals surface area contributed by atoms with Gasteiger partial charge in [0.05, 0.1) is 12.8 Å². The van der Waals surface area contributed by atoms with Crippen LogP contribution in [0.15, 0.2) is 47.1 Å². The second-order valence-electron chi connectivity index (χ2n) is 6.75. The molecule has 1 N–H and O–H groups in total. The Morgan fingerprint density at radius 3 is 2.59 bits per heavy atom. The Hall–Kier alpha value is -2.86. The standard InChI is InChI=1S/C21H25N3O3/c1-16-5-3-7-19(17(16)2)22-20(25)15-23-10-12-24(13-11-23)21(26)9-8-18-6-4-14-27-18/h3-9,14H,10-13,15H2,1-2H3,(H,22,25)/b9-8+. The van der Waals surface area contributed by atoms with E-state index in [1.54, 1.807) is 29.4 Å². The molecule has 6 heteroatoms. The predicted molar refractivity (Wildman–Crippen MR) is 105 cm³/mol. The normalized spacial score (nSPS) is 15.3. The minimum Gasteiger partial charge on any atom is -0.465 e. The van der Waals surface area contributed by atoms with Gasteiger partial charge in [-0.3, -0.25) is 14.5 Å². The van der Waals surface area contributed by atoms with Crippen LogP contribution in [0.3, 0.4) is 0 Å². The number of hydrogen-bond acceptors (Lipinski definition) is 4. The molecule has 1 aromatic carbocycles. The van der Waals surface area contributed by atoms with Crippen LogP contribution in [0.5, 0.6) is 0 Å². The van der Waals surface area contributed by atoms with Gasteiger partial charge in [0.2, 0.25) is 11.8 Å². The number of anilines is 1. The molecule has 0 unspecified atom stereocenters. The second-order valence-corrected chi connectivity index (χ2v) is 6.75. The first-order chi connectivity index (χ1) is 13.0. The summed E-state index contributed by atoms with van der Waals surface area (Å²) in [6.45, 7) is 6.95. The van der Waals surface area contributed by atoms with Gasteiger partial charge in [0.25, 0.3) is 0 Å². The topological polar surface area (TPSA) is 65.8 Å². The van der Waals surface area contributed by atoms with Crippen LogP contribution in [0.4, 0.5) is 5.69 Å². The van der Waals surface area contributed by atoms with Crippen LogP contribution in [0.1, 0.15) is 16.9 Å². The Bertz CT molecular complexity index is 819. The quantitative estimate of drug-likeness (QED) is 0.825. The maximum atomic E-state index is 12.3. The first-order valence-electron chi connectivity index (χ1n) is 9.12. The van der Waals surface area contributed by atoms with Crippen molar-refractivity contribution in [3.8, 4) is 0 Å². The molecule has 0 saturated carbocycles. The molecule has 0 atom stereocenters. The van der Waals surface area contributed by atoms with E-state index in [1.165, 1.54) is 6.08 Å². The summed E-state index contributed by atoms with van der Waals surface area (Å²) in [5, 5.41) is 2.99. The highest BCUT2D eigenvalue weighted by molar-refractivity contribution is 5.93. The van der Waals surface area contributed by atoms with Crippen molar-refractivity contribution in [2.24, 2.45) is 0 Å². The van der Waals surface area contributed by atoms with Gasteiger partial charge in [0.15, 0.2) is 0 Å². The molecule has 0 radical (unpaired) electrons. The first kappa shape index (κ1) is 18.9. The largest absolute Gasteiger partial charge is 0.465 e. The van der Waals surface area contributed by atoms with Crippen LogP contribution in [-0.2, 0) is 9.59 Å². The minimum atomic E-state index is -0.0362. The van der Waals surface area contributed by atoms with Gasteiger partial charge < -0.3 is 14.6 Å². The van der Waals surface area contributed by atoms with Crippen molar-refractivity contribution in [2.45, 2.75) is 13.8 Å². The van der Waals surface area contributed by atoms with E-state index in [1.807, 2.05) is 32.0 Å². The summed E-state index contributed by atoms with van der Waals surface area (Å²) in [6, 6.07) is 9.48. The molecule has 1 saturated heterocycles. The van der Waals surface area contributed by atoms with Gasteiger partial charge >= 0.3 is 0 Å². The number of carbonyl (C=O) groups excluding carboxylic acids is 2. The lowest BCUT2D eigenvalue weighted by Gasteiger charge is -2.33. The minimum absolute atomic E-state index is 0.0267. The number of nitrogens with one attached hydrogen (secondary N) is 1. The summed E-state index contributed by atoms with van der Waals surface area (Å²) in [5.41, 5.74) is 3.10. The van der Waals surface area contributed by atoms with E-state index in [2.05, 4.69) is 10.2 Å². The number of amides is 2. The van der Waals surface area contributed by atoms with Crippen LogP contribution in [0.25, 0.3) is 6.08 Å². The van der Waals surface area contributed by atoms with Crippen molar-refractivity contribution < 1.29 is 14.0 Å². The number of furan rings is 1. The summed E-state index contributed by atoms with van der Waals surface area (Å²) < 4.78 is 5.19. The molecule has 1 aliphatic rings. The molecule has 27 heavy (non-hydrogen) atoms. The summed E-state index contributed by atoms with van der Waals surface area (Å²) in [5.74, 6) is 0.595. The summed E-state index contributed by atoms with van der Waals surface area (Å²) in [4.78, 5) is 28.4. The van der Waals surface area contributed by atoms with Crippen molar-refractivity contribution in [2.75, 3.05) is 38.0 Å². The van der Waals surface area contributed by atoms with Gasteiger partial charge in [0.1, 0.15) is 5.76 Å². The van der Waals surface area contributed by atoms with Gasteiger partial charge in [-0.1, -0.05) is 12.1 Å². The van der Waals surface area contributed by atoms with E-state index in [4.69, 9.17) is 4.42 Å².